The van der Waals surface area contributed by atoms with Crippen molar-refractivity contribution in [2.45, 2.75) is 32.3 Å². The molecule has 1 amide bonds. The predicted molar refractivity (Wildman–Crippen MR) is 91.9 cm³/mol. The van der Waals surface area contributed by atoms with Crippen LogP contribution in [0.2, 0.25) is 0 Å². The van der Waals surface area contributed by atoms with Crippen LogP contribution in [0.5, 0.6) is 0 Å². The number of amides is 1. The summed E-state index contributed by atoms with van der Waals surface area (Å²) in [6.45, 7) is 3.75. The lowest BCUT2D eigenvalue weighted by Crippen LogP contribution is -2.45. The number of nitrogen functional groups attached to an aromatic ring is 1. The number of pyridine rings is 1. The first-order valence-electron chi connectivity index (χ1n) is 8.10. The Bertz CT molecular complexity index is 705. The Balaban J connectivity index is 1.59. The highest BCUT2D eigenvalue weighted by molar-refractivity contribution is 7.08. The quantitative estimate of drug-likeness (QED) is 0.882. The zero-order valence-electron chi connectivity index (χ0n) is 13.6. The van der Waals surface area contributed by atoms with Crippen molar-refractivity contribution >= 4 is 23.3 Å². The van der Waals surface area contributed by atoms with Gasteiger partial charge < -0.3 is 15.4 Å². The molecular weight excluding hydrogens is 326 g/mol. The molecule has 1 unspecified atom stereocenters. The molecule has 1 atom stereocenters. The maximum Gasteiger partial charge on any atom is 0.267 e. The first kappa shape index (κ1) is 16.8. The van der Waals surface area contributed by atoms with Crippen LogP contribution < -0.4 is 5.73 Å². The molecule has 24 heavy (non-hydrogen) atoms. The third-order valence-electron chi connectivity index (χ3n) is 4.11. The van der Waals surface area contributed by atoms with Crippen LogP contribution in [0.15, 0.2) is 18.3 Å². The Kier molecular flexibility index (Phi) is 5.37. The van der Waals surface area contributed by atoms with Crippen LogP contribution in [0.1, 0.15) is 34.3 Å². The molecule has 128 valence electrons. The smallest absolute Gasteiger partial charge is 0.267 e. The van der Waals surface area contributed by atoms with Crippen molar-refractivity contribution in [2.75, 3.05) is 25.4 Å². The van der Waals surface area contributed by atoms with E-state index >= 15 is 0 Å². The van der Waals surface area contributed by atoms with Gasteiger partial charge in [0, 0.05) is 19.3 Å². The number of hydrogen-bond donors (Lipinski definition) is 1. The van der Waals surface area contributed by atoms with Crippen LogP contribution in [-0.4, -0.2) is 51.2 Å². The Morgan fingerprint density at radius 2 is 2.42 bits per heavy atom. The summed E-state index contributed by atoms with van der Waals surface area (Å²) >= 11 is 1.17. The lowest BCUT2D eigenvalue weighted by Gasteiger charge is -2.32. The number of anilines is 1. The molecule has 0 bridgehead atoms. The fourth-order valence-corrected chi connectivity index (χ4v) is 3.52. The highest BCUT2D eigenvalue weighted by atomic mass is 32.1. The molecular formula is C16H21N5O2S. The van der Waals surface area contributed by atoms with Crippen molar-refractivity contribution in [3.63, 3.8) is 0 Å². The van der Waals surface area contributed by atoms with Gasteiger partial charge in [0.05, 0.1) is 18.4 Å². The summed E-state index contributed by atoms with van der Waals surface area (Å²) in [5, 5.41) is 4.03. The fourth-order valence-electron chi connectivity index (χ4n) is 2.80. The van der Waals surface area contributed by atoms with Crippen LogP contribution in [0, 0.1) is 0 Å². The zero-order valence-corrected chi connectivity index (χ0v) is 14.5. The molecule has 2 N–H and O–H groups in total. The number of ether oxygens (including phenoxy) is 1. The summed E-state index contributed by atoms with van der Waals surface area (Å²) in [5.41, 5.74) is 7.62. The van der Waals surface area contributed by atoms with Crippen molar-refractivity contribution in [3.05, 3.63) is 34.5 Å². The first-order valence-corrected chi connectivity index (χ1v) is 8.87. The van der Waals surface area contributed by atoms with E-state index in [1.54, 1.807) is 6.20 Å². The fraction of sp³-hybridized carbons (Fsp3) is 0.500. The molecule has 1 fully saturated rings. The van der Waals surface area contributed by atoms with E-state index < -0.39 is 0 Å². The van der Waals surface area contributed by atoms with E-state index in [2.05, 4.69) is 14.6 Å². The lowest BCUT2D eigenvalue weighted by atomic mass is 10.1. The van der Waals surface area contributed by atoms with E-state index in [-0.39, 0.29) is 12.0 Å². The molecule has 3 heterocycles. The maximum atomic E-state index is 12.7. The Morgan fingerprint density at radius 3 is 3.21 bits per heavy atom. The van der Waals surface area contributed by atoms with E-state index in [0.717, 1.165) is 30.5 Å². The van der Waals surface area contributed by atoms with E-state index in [4.69, 9.17) is 10.5 Å². The third kappa shape index (κ3) is 3.88. The van der Waals surface area contributed by atoms with Gasteiger partial charge in [-0.3, -0.25) is 4.79 Å². The Morgan fingerprint density at radius 1 is 1.54 bits per heavy atom. The van der Waals surface area contributed by atoms with Gasteiger partial charge in [-0.25, -0.2) is 4.98 Å². The van der Waals surface area contributed by atoms with Crippen molar-refractivity contribution in [3.8, 4) is 0 Å². The second-order valence-corrected chi connectivity index (χ2v) is 6.53. The number of carbonyl (C=O) groups excluding carboxylic acids is 1. The number of morpholine rings is 1. The van der Waals surface area contributed by atoms with E-state index in [0.29, 0.717) is 30.4 Å². The molecule has 8 heteroatoms. The number of nitrogens with two attached hydrogens (primary N) is 1. The van der Waals surface area contributed by atoms with Gasteiger partial charge in [-0.15, -0.1) is 5.10 Å². The molecule has 0 radical (unpaired) electrons. The minimum Gasteiger partial charge on any atom is -0.384 e. The number of rotatable bonds is 5. The molecule has 1 saturated heterocycles. The minimum atomic E-state index is 0.0169. The normalized spacial score (nSPS) is 17.9. The molecule has 0 spiro atoms. The van der Waals surface area contributed by atoms with Crippen molar-refractivity contribution in [1.29, 1.82) is 0 Å². The standard InChI is InChI=1S/C16H21N5O2S/c1-2-13-15(24-20-19-13)16(22)21-7-8-23-12(10-21)4-3-11-5-6-18-14(17)9-11/h5-6,9,12H,2-4,7-8,10H2,1H3,(H2,17,18). The molecule has 2 aromatic heterocycles. The number of hydrogen-bond acceptors (Lipinski definition) is 7. The first-order chi connectivity index (χ1) is 11.7. The Hall–Kier alpha value is -2.06. The van der Waals surface area contributed by atoms with E-state index in [9.17, 15) is 4.79 Å². The minimum absolute atomic E-state index is 0.0169. The number of nitrogens with zero attached hydrogens (tertiary/aromatic N) is 4. The van der Waals surface area contributed by atoms with Crippen molar-refractivity contribution in [1.82, 2.24) is 19.5 Å². The highest BCUT2D eigenvalue weighted by Crippen LogP contribution is 2.19. The second kappa shape index (κ2) is 7.67. The van der Waals surface area contributed by atoms with E-state index in [1.165, 1.54) is 11.5 Å². The van der Waals surface area contributed by atoms with Gasteiger partial charge in [0.1, 0.15) is 10.7 Å². The predicted octanol–water partition coefficient (Wildman–Crippen LogP) is 1.55. The third-order valence-corrected chi connectivity index (χ3v) is 4.87. The van der Waals surface area contributed by atoms with Crippen LogP contribution in [0.4, 0.5) is 5.82 Å². The summed E-state index contributed by atoms with van der Waals surface area (Å²) in [5.74, 6) is 0.543. The SMILES string of the molecule is CCc1nnsc1C(=O)N1CCOC(CCc2ccnc(N)c2)C1. The maximum absolute atomic E-state index is 12.7. The highest BCUT2D eigenvalue weighted by Gasteiger charge is 2.27. The molecule has 7 nitrogen and oxygen atoms in total. The van der Waals surface area contributed by atoms with Crippen molar-refractivity contribution < 1.29 is 9.53 Å². The summed E-state index contributed by atoms with van der Waals surface area (Å²) in [6.07, 6.45) is 4.15. The largest absolute Gasteiger partial charge is 0.384 e. The molecule has 1 aliphatic heterocycles. The molecule has 0 aliphatic carbocycles. The average molecular weight is 347 g/mol. The summed E-state index contributed by atoms with van der Waals surface area (Å²) in [4.78, 5) is 19.2. The van der Waals surface area contributed by atoms with Crippen LogP contribution >= 0.6 is 11.5 Å². The van der Waals surface area contributed by atoms with Gasteiger partial charge in [0.2, 0.25) is 0 Å². The van der Waals surface area contributed by atoms with Crippen LogP contribution in [0.3, 0.4) is 0 Å². The molecule has 2 aromatic rings. The van der Waals surface area contributed by atoms with Gasteiger partial charge in [-0.1, -0.05) is 11.4 Å². The molecule has 0 aromatic carbocycles. The van der Waals surface area contributed by atoms with Crippen molar-refractivity contribution in [2.24, 2.45) is 0 Å². The monoisotopic (exact) mass is 347 g/mol. The van der Waals surface area contributed by atoms with Gasteiger partial charge in [0.25, 0.3) is 5.91 Å². The molecule has 3 rings (SSSR count). The number of carbonyl (C=O) groups is 1. The van der Waals surface area contributed by atoms with Gasteiger partial charge in [-0.05, 0) is 48.5 Å². The van der Waals surface area contributed by atoms with Gasteiger partial charge >= 0.3 is 0 Å². The van der Waals surface area contributed by atoms with Gasteiger partial charge in [0.15, 0.2) is 0 Å². The second-order valence-electron chi connectivity index (χ2n) is 5.77. The average Bonchev–Trinajstić information content (AvgIpc) is 3.08. The number of aromatic nitrogens is 3. The van der Waals surface area contributed by atoms with Gasteiger partial charge in [-0.2, -0.15) is 0 Å². The zero-order chi connectivity index (χ0) is 16.9. The summed E-state index contributed by atoms with van der Waals surface area (Å²) in [6, 6.07) is 3.83. The summed E-state index contributed by atoms with van der Waals surface area (Å²) in [7, 11) is 0. The number of aryl methyl sites for hydroxylation is 2. The van der Waals surface area contributed by atoms with E-state index in [1.807, 2.05) is 24.0 Å². The molecule has 1 aliphatic rings. The lowest BCUT2D eigenvalue weighted by molar-refractivity contribution is -0.0244. The van der Waals surface area contributed by atoms with Crippen LogP contribution in [0.25, 0.3) is 0 Å². The summed E-state index contributed by atoms with van der Waals surface area (Å²) < 4.78 is 9.72. The molecule has 0 saturated carbocycles. The topological polar surface area (TPSA) is 94.2 Å². The van der Waals surface area contributed by atoms with Crippen LogP contribution in [-0.2, 0) is 17.6 Å². The Labute approximate surface area is 145 Å².